The van der Waals surface area contributed by atoms with Gasteiger partial charge in [-0.1, -0.05) is 43.3 Å². The van der Waals surface area contributed by atoms with E-state index in [1.807, 2.05) is 0 Å². The van der Waals surface area contributed by atoms with Crippen LogP contribution in [0.2, 0.25) is 0 Å². The highest BCUT2D eigenvalue weighted by Crippen LogP contribution is 2.37. The van der Waals surface area contributed by atoms with E-state index in [1.165, 1.54) is 29.9 Å². The van der Waals surface area contributed by atoms with Crippen molar-refractivity contribution >= 4 is 49.3 Å². The van der Waals surface area contributed by atoms with Gasteiger partial charge in [0.15, 0.2) is 10.8 Å². The molecule has 4 heterocycles. The average molecular weight is 635 g/mol. The van der Waals surface area contributed by atoms with E-state index < -0.39 is 51.6 Å². The molecule has 5 rings (SSSR count). The third-order valence-corrected chi connectivity index (χ3v) is 11.5. The molecule has 15 heteroatoms. The van der Waals surface area contributed by atoms with Crippen molar-refractivity contribution in [2.75, 3.05) is 17.4 Å². The zero-order valence-electron chi connectivity index (χ0n) is 22.8. The molecule has 0 aromatic carbocycles. The minimum atomic E-state index is -3.99. The summed E-state index contributed by atoms with van der Waals surface area (Å²) >= 11 is -1.62. The van der Waals surface area contributed by atoms with Crippen molar-refractivity contribution in [3.8, 4) is 10.6 Å². The Bertz CT molecular complexity index is 1490. The van der Waals surface area contributed by atoms with Gasteiger partial charge in [-0.05, 0) is 49.4 Å². The molecule has 226 valence electrons. The van der Waals surface area contributed by atoms with Crippen molar-refractivity contribution in [2.24, 2.45) is 5.92 Å². The Morgan fingerprint density at radius 2 is 1.98 bits per heavy atom. The van der Waals surface area contributed by atoms with Crippen LogP contribution in [0.4, 0.5) is 5.00 Å². The second kappa shape index (κ2) is 13.5. The molecule has 3 unspecified atom stereocenters. The van der Waals surface area contributed by atoms with E-state index in [9.17, 15) is 26.8 Å². The Labute approximate surface area is 250 Å². The Morgan fingerprint density at radius 1 is 1.17 bits per heavy atom. The SMILES string of the molecule is O=C1CN(S(=O)(=O)c2ccccn2)CCCC1NC(=O)C(CC1CCCCC1)N(c1ccc(-c2ccon2)s1)S(=O)[O-]. The quantitative estimate of drug-likeness (QED) is 0.329. The highest BCUT2D eigenvalue weighted by Gasteiger charge is 2.37. The summed E-state index contributed by atoms with van der Waals surface area (Å²) in [6.07, 6.45) is 8.56. The molecule has 1 amide bonds. The van der Waals surface area contributed by atoms with Crippen LogP contribution < -0.4 is 9.62 Å². The number of nitrogens with one attached hydrogen (secondary N) is 1. The van der Waals surface area contributed by atoms with Gasteiger partial charge in [0.05, 0.1) is 17.5 Å². The predicted octanol–water partition coefficient (Wildman–Crippen LogP) is 3.28. The summed E-state index contributed by atoms with van der Waals surface area (Å²) in [5, 5.41) is 6.89. The van der Waals surface area contributed by atoms with Gasteiger partial charge in [0.25, 0.3) is 10.0 Å². The molecule has 0 bridgehead atoms. The fourth-order valence-electron chi connectivity index (χ4n) is 5.56. The molecular weight excluding hydrogens is 603 g/mol. The molecule has 0 radical (unpaired) electrons. The largest absolute Gasteiger partial charge is 0.755 e. The molecule has 3 atom stereocenters. The molecule has 1 saturated heterocycles. The number of amides is 1. The number of sulfonamides is 1. The molecule has 12 nitrogen and oxygen atoms in total. The van der Waals surface area contributed by atoms with Crippen LogP contribution in [0.1, 0.15) is 51.4 Å². The highest BCUT2D eigenvalue weighted by atomic mass is 32.2. The first kappa shape index (κ1) is 30.5. The van der Waals surface area contributed by atoms with Crippen LogP contribution in [0.25, 0.3) is 10.6 Å². The van der Waals surface area contributed by atoms with Crippen LogP contribution in [-0.2, 0) is 30.9 Å². The van der Waals surface area contributed by atoms with Gasteiger partial charge in [0, 0.05) is 30.1 Å². The van der Waals surface area contributed by atoms with Crippen molar-refractivity contribution in [3.05, 3.63) is 48.9 Å². The predicted molar refractivity (Wildman–Crippen MR) is 155 cm³/mol. The average Bonchev–Trinajstić information content (AvgIpc) is 3.66. The lowest BCUT2D eigenvalue weighted by Crippen LogP contribution is -2.53. The normalized spacial score (nSPS) is 20.5. The maximum atomic E-state index is 13.9. The zero-order chi connectivity index (χ0) is 29.7. The summed E-state index contributed by atoms with van der Waals surface area (Å²) < 4.78 is 58.6. The second-order valence-corrected chi connectivity index (χ2v) is 14.3. The first-order chi connectivity index (χ1) is 20.2. The van der Waals surface area contributed by atoms with Gasteiger partial charge in [0.1, 0.15) is 23.0 Å². The Morgan fingerprint density at radius 3 is 2.67 bits per heavy atom. The minimum absolute atomic E-state index is 0.0965. The number of carbonyl (C=O) groups excluding carboxylic acids is 2. The smallest absolute Gasteiger partial charge is 0.260 e. The molecular formula is C27H32N5O7S3-. The standard InChI is InChI=1S/C27H33N5O7S3/c33-23-18-31(42(37,38)25-10-4-5-14-28-25)15-6-9-20(23)29-27(34)22(17-19-7-2-1-3-8-19)32(41(35)36)26-12-11-24(40-26)21-13-16-39-30-21/h4-5,10-14,16,19-20,22H,1-3,6-9,15,17-18H2,(H,29,34)(H,35,36)/p-1. The van der Waals surface area contributed by atoms with Crippen molar-refractivity contribution < 1.29 is 31.3 Å². The zero-order valence-corrected chi connectivity index (χ0v) is 25.2. The summed E-state index contributed by atoms with van der Waals surface area (Å²) in [5.41, 5.74) is 0.547. The first-order valence-electron chi connectivity index (χ1n) is 13.9. The number of aromatic nitrogens is 2. The van der Waals surface area contributed by atoms with E-state index in [4.69, 9.17) is 4.52 Å². The molecule has 1 saturated carbocycles. The van der Waals surface area contributed by atoms with Crippen LogP contribution in [0.5, 0.6) is 0 Å². The van der Waals surface area contributed by atoms with Crippen LogP contribution in [0.15, 0.2) is 58.4 Å². The number of Topliss-reactive ketones (excluding diaryl/α,β-unsaturated/α-hetero) is 1. The maximum absolute atomic E-state index is 13.9. The monoisotopic (exact) mass is 634 g/mol. The Kier molecular flexibility index (Phi) is 9.83. The molecule has 1 aliphatic carbocycles. The fourth-order valence-corrected chi connectivity index (χ4v) is 8.75. The van der Waals surface area contributed by atoms with Gasteiger partial charge in [-0.2, -0.15) is 4.31 Å². The third-order valence-electron chi connectivity index (χ3n) is 7.71. The molecule has 2 fully saturated rings. The number of rotatable bonds is 10. The lowest BCUT2D eigenvalue weighted by molar-refractivity contribution is -0.128. The number of hydrogen-bond donors (Lipinski definition) is 1. The van der Waals surface area contributed by atoms with Crippen molar-refractivity contribution in [1.82, 2.24) is 19.8 Å². The second-order valence-electron chi connectivity index (χ2n) is 10.5. The van der Waals surface area contributed by atoms with Gasteiger partial charge in [0.2, 0.25) is 5.91 Å². The van der Waals surface area contributed by atoms with Gasteiger partial charge in [-0.15, -0.1) is 11.3 Å². The highest BCUT2D eigenvalue weighted by molar-refractivity contribution is 7.89. The number of pyridine rings is 1. The topological polar surface area (TPSA) is 166 Å². The summed E-state index contributed by atoms with van der Waals surface area (Å²) in [6.45, 7) is -0.320. The molecule has 1 aliphatic heterocycles. The van der Waals surface area contributed by atoms with E-state index in [-0.39, 0.29) is 23.9 Å². The summed E-state index contributed by atoms with van der Waals surface area (Å²) in [4.78, 5) is 31.7. The van der Waals surface area contributed by atoms with Crippen molar-refractivity contribution in [1.29, 1.82) is 0 Å². The van der Waals surface area contributed by atoms with Crippen molar-refractivity contribution in [2.45, 2.75) is 68.5 Å². The summed E-state index contributed by atoms with van der Waals surface area (Å²) in [7, 11) is -3.99. The number of nitrogens with zero attached hydrogens (tertiary/aromatic N) is 4. The number of carbonyl (C=O) groups is 2. The molecule has 3 aromatic rings. The Hall–Kier alpha value is -2.98. The lowest BCUT2D eigenvalue weighted by Gasteiger charge is -2.36. The van der Waals surface area contributed by atoms with Crippen LogP contribution in [-0.4, -0.2) is 68.5 Å². The van der Waals surface area contributed by atoms with E-state index in [0.717, 1.165) is 40.7 Å². The number of hydrogen-bond acceptors (Lipinski definition) is 10. The number of ketones is 1. The summed E-state index contributed by atoms with van der Waals surface area (Å²) in [6, 6.07) is 7.51. The molecule has 3 aromatic heterocycles. The van der Waals surface area contributed by atoms with Crippen LogP contribution in [0, 0.1) is 5.92 Å². The van der Waals surface area contributed by atoms with Gasteiger partial charge < -0.3 is 14.4 Å². The molecule has 1 N–H and O–H groups in total. The minimum Gasteiger partial charge on any atom is -0.755 e. The molecule has 0 spiro atoms. The van der Waals surface area contributed by atoms with Gasteiger partial charge >= 0.3 is 0 Å². The lowest BCUT2D eigenvalue weighted by atomic mass is 9.84. The molecule has 2 aliphatic rings. The Balaban J connectivity index is 1.36. The maximum Gasteiger partial charge on any atom is 0.260 e. The van der Waals surface area contributed by atoms with E-state index in [0.29, 0.717) is 28.4 Å². The van der Waals surface area contributed by atoms with Crippen molar-refractivity contribution in [3.63, 3.8) is 0 Å². The van der Waals surface area contributed by atoms with E-state index in [1.54, 1.807) is 30.3 Å². The third kappa shape index (κ3) is 6.97. The van der Waals surface area contributed by atoms with E-state index in [2.05, 4.69) is 15.5 Å². The number of anilines is 1. The van der Waals surface area contributed by atoms with Crippen LogP contribution in [0.3, 0.4) is 0 Å². The van der Waals surface area contributed by atoms with E-state index >= 15 is 0 Å². The van der Waals surface area contributed by atoms with Crippen LogP contribution >= 0.6 is 11.3 Å². The molecule has 42 heavy (non-hydrogen) atoms. The number of thiophene rings is 1. The first-order valence-corrected chi connectivity index (χ1v) is 17.2. The summed E-state index contributed by atoms with van der Waals surface area (Å²) in [5.74, 6) is -0.893. The fraction of sp³-hybridized carbons (Fsp3) is 0.481. The van der Waals surface area contributed by atoms with Gasteiger partial charge in [-0.25, -0.2) is 13.4 Å². The van der Waals surface area contributed by atoms with Gasteiger partial charge in [-0.3, -0.25) is 18.1 Å².